The van der Waals surface area contributed by atoms with Crippen LogP contribution < -0.4 is 9.96 Å². The Hall–Kier alpha value is 0.0569. The molecule has 0 amide bonds. The van der Waals surface area contributed by atoms with Gasteiger partial charge in [-0.2, -0.15) is 0 Å². The fourth-order valence-electron chi connectivity index (χ4n) is 4.21. The third-order valence-corrected chi connectivity index (χ3v) is 8.56. The molecule has 23 heavy (non-hydrogen) atoms. The Morgan fingerprint density at radius 3 is 1.48 bits per heavy atom. The van der Waals surface area contributed by atoms with Crippen LogP contribution in [0.5, 0.6) is 0 Å². The van der Waals surface area contributed by atoms with Crippen LogP contribution >= 0.6 is 0 Å². The molecule has 0 spiro atoms. The first-order valence-corrected chi connectivity index (χ1v) is 11.7. The van der Waals surface area contributed by atoms with Crippen molar-refractivity contribution in [1.29, 1.82) is 0 Å². The lowest BCUT2D eigenvalue weighted by Crippen LogP contribution is -2.73. The number of hydrogen-bond donors (Lipinski definition) is 2. The van der Waals surface area contributed by atoms with Gasteiger partial charge in [-0.3, -0.25) is 9.96 Å². The van der Waals surface area contributed by atoms with Crippen LogP contribution in [0, 0.1) is 11.8 Å². The Kier molecular flexibility index (Phi) is 8.02. The van der Waals surface area contributed by atoms with Crippen molar-refractivity contribution < 1.29 is 8.85 Å². The SMILES string of the molecule is CCO[Si](NC1CCCCC1C)(NC1CCCCC1C)OCC. The molecule has 2 fully saturated rings. The van der Waals surface area contributed by atoms with E-state index in [2.05, 4.69) is 37.7 Å². The molecule has 5 heteroatoms. The molecule has 0 aliphatic heterocycles. The standard InChI is InChI=1S/C18H38N2O2Si/c1-5-21-23(22-6-2,19-17-13-9-7-11-15(17)3)20-18-14-10-8-12-16(18)4/h15-20H,5-14H2,1-4H3. The van der Waals surface area contributed by atoms with Crippen LogP contribution in [0.4, 0.5) is 0 Å². The monoisotopic (exact) mass is 342 g/mol. The van der Waals surface area contributed by atoms with Gasteiger partial charge in [-0.1, -0.05) is 39.5 Å². The highest BCUT2D eigenvalue weighted by Crippen LogP contribution is 2.27. The second-order valence-electron chi connectivity index (χ2n) is 7.51. The van der Waals surface area contributed by atoms with E-state index in [1.807, 2.05) is 0 Å². The van der Waals surface area contributed by atoms with Gasteiger partial charge in [0, 0.05) is 25.3 Å². The van der Waals surface area contributed by atoms with Gasteiger partial charge >= 0.3 is 8.88 Å². The highest BCUT2D eigenvalue weighted by molar-refractivity contribution is 6.62. The van der Waals surface area contributed by atoms with Crippen LogP contribution in [0.2, 0.25) is 0 Å². The van der Waals surface area contributed by atoms with Crippen molar-refractivity contribution in [2.75, 3.05) is 13.2 Å². The second kappa shape index (κ2) is 9.52. The second-order valence-corrected chi connectivity index (χ2v) is 9.90. The molecule has 2 rings (SSSR count). The van der Waals surface area contributed by atoms with E-state index in [9.17, 15) is 0 Å². The first-order valence-electron chi connectivity index (χ1n) is 9.93. The fraction of sp³-hybridized carbons (Fsp3) is 1.00. The predicted octanol–water partition coefficient (Wildman–Crippen LogP) is 3.83. The molecule has 2 saturated carbocycles. The minimum atomic E-state index is -2.55. The number of rotatable bonds is 8. The van der Waals surface area contributed by atoms with Gasteiger partial charge in [0.1, 0.15) is 0 Å². The lowest BCUT2D eigenvalue weighted by Gasteiger charge is -2.42. The summed E-state index contributed by atoms with van der Waals surface area (Å²) < 4.78 is 12.5. The Morgan fingerprint density at radius 2 is 1.13 bits per heavy atom. The molecule has 0 heterocycles. The summed E-state index contributed by atoms with van der Waals surface area (Å²) in [6.45, 7) is 10.3. The predicted molar refractivity (Wildman–Crippen MR) is 98.1 cm³/mol. The van der Waals surface area contributed by atoms with Gasteiger partial charge in [0.2, 0.25) is 0 Å². The van der Waals surface area contributed by atoms with Gasteiger partial charge in [0.25, 0.3) is 0 Å². The molecule has 136 valence electrons. The Labute approximate surface area is 144 Å². The Bertz CT molecular complexity index is 311. The maximum atomic E-state index is 6.27. The molecule has 0 radical (unpaired) electrons. The molecule has 4 unspecified atom stereocenters. The topological polar surface area (TPSA) is 42.5 Å². The fourth-order valence-corrected chi connectivity index (χ4v) is 7.35. The molecule has 0 aromatic rings. The van der Waals surface area contributed by atoms with Crippen molar-refractivity contribution in [1.82, 2.24) is 9.96 Å². The summed E-state index contributed by atoms with van der Waals surface area (Å²) >= 11 is 0. The molecule has 2 N–H and O–H groups in total. The van der Waals surface area contributed by atoms with E-state index in [1.54, 1.807) is 0 Å². The van der Waals surface area contributed by atoms with Gasteiger partial charge in [-0.25, -0.2) is 0 Å². The largest absolute Gasteiger partial charge is 0.517 e. The maximum Gasteiger partial charge on any atom is 0.517 e. The Balaban J connectivity index is 2.09. The summed E-state index contributed by atoms with van der Waals surface area (Å²) in [6, 6.07) is 1.06. The lowest BCUT2D eigenvalue weighted by molar-refractivity contribution is 0.131. The van der Waals surface area contributed by atoms with E-state index in [0.717, 1.165) is 0 Å². The molecular weight excluding hydrogens is 304 g/mol. The van der Waals surface area contributed by atoms with Crippen LogP contribution in [0.1, 0.15) is 79.1 Å². The minimum Gasteiger partial charge on any atom is -0.371 e. The van der Waals surface area contributed by atoms with Crippen molar-refractivity contribution in [2.24, 2.45) is 11.8 Å². The average Bonchev–Trinajstić information content (AvgIpc) is 2.52. The Morgan fingerprint density at radius 1 is 0.739 bits per heavy atom. The summed E-state index contributed by atoms with van der Waals surface area (Å²) in [4.78, 5) is 7.74. The number of hydrogen-bond acceptors (Lipinski definition) is 4. The van der Waals surface area contributed by atoms with Crippen LogP contribution in [0.3, 0.4) is 0 Å². The average molecular weight is 343 g/mol. The quantitative estimate of drug-likeness (QED) is 0.658. The summed E-state index contributed by atoms with van der Waals surface area (Å²) in [5.41, 5.74) is 0. The van der Waals surface area contributed by atoms with E-state index < -0.39 is 8.88 Å². The van der Waals surface area contributed by atoms with Crippen LogP contribution in [0.25, 0.3) is 0 Å². The summed E-state index contributed by atoms with van der Waals surface area (Å²) in [5, 5.41) is 0. The van der Waals surface area contributed by atoms with Gasteiger partial charge in [0.05, 0.1) is 0 Å². The summed E-state index contributed by atoms with van der Waals surface area (Å²) in [7, 11) is -2.55. The van der Waals surface area contributed by atoms with Crippen molar-refractivity contribution in [3.63, 3.8) is 0 Å². The summed E-state index contributed by atoms with van der Waals surface area (Å²) in [6.07, 6.45) is 10.5. The van der Waals surface area contributed by atoms with Crippen LogP contribution in [0.15, 0.2) is 0 Å². The lowest BCUT2D eigenvalue weighted by atomic mass is 9.87. The normalized spacial score (nSPS) is 32.9. The molecule has 4 nitrogen and oxygen atoms in total. The molecule has 4 atom stereocenters. The third kappa shape index (κ3) is 5.53. The molecular formula is C18H38N2O2Si. The van der Waals surface area contributed by atoms with Gasteiger partial charge in [-0.05, 0) is 51.4 Å². The summed E-state index contributed by atoms with van der Waals surface area (Å²) in [5.74, 6) is 1.42. The molecule has 0 aromatic heterocycles. The molecule has 2 aliphatic carbocycles. The smallest absolute Gasteiger partial charge is 0.371 e. The highest BCUT2D eigenvalue weighted by atomic mass is 28.4. The van der Waals surface area contributed by atoms with E-state index in [4.69, 9.17) is 8.85 Å². The molecule has 2 aliphatic rings. The number of nitrogens with one attached hydrogen (secondary N) is 2. The molecule has 0 saturated heterocycles. The van der Waals surface area contributed by atoms with Gasteiger partial charge < -0.3 is 8.85 Å². The zero-order valence-electron chi connectivity index (χ0n) is 15.7. The maximum absolute atomic E-state index is 6.27. The zero-order chi connectivity index (χ0) is 16.7. The van der Waals surface area contributed by atoms with Crippen LogP contribution in [-0.2, 0) is 8.85 Å². The van der Waals surface area contributed by atoms with Crippen molar-refractivity contribution in [3.05, 3.63) is 0 Å². The van der Waals surface area contributed by atoms with Gasteiger partial charge in [0.15, 0.2) is 0 Å². The van der Waals surface area contributed by atoms with E-state index in [0.29, 0.717) is 37.1 Å². The highest BCUT2D eigenvalue weighted by Gasteiger charge is 2.45. The van der Waals surface area contributed by atoms with E-state index in [-0.39, 0.29) is 0 Å². The van der Waals surface area contributed by atoms with E-state index >= 15 is 0 Å². The molecule has 0 bridgehead atoms. The van der Waals surface area contributed by atoms with E-state index in [1.165, 1.54) is 51.4 Å². The van der Waals surface area contributed by atoms with Crippen LogP contribution in [-0.4, -0.2) is 34.2 Å². The molecule has 0 aromatic carbocycles. The first-order chi connectivity index (χ1) is 11.1. The minimum absolute atomic E-state index is 0.528. The van der Waals surface area contributed by atoms with Crippen molar-refractivity contribution in [3.8, 4) is 0 Å². The first kappa shape index (κ1) is 19.4. The van der Waals surface area contributed by atoms with Gasteiger partial charge in [-0.15, -0.1) is 0 Å². The van der Waals surface area contributed by atoms with Crippen molar-refractivity contribution in [2.45, 2.75) is 91.1 Å². The van der Waals surface area contributed by atoms with Crippen molar-refractivity contribution >= 4 is 8.88 Å². The third-order valence-electron chi connectivity index (χ3n) is 5.67. The zero-order valence-corrected chi connectivity index (χ0v) is 16.7.